The molecule has 0 saturated heterocycles. The maximum absolute atomic E-state index is 12.8. The maximum Gasteiger partial charge on any atom is 0.336 e. The molecule has 4 rings (SSSR count). The number of nitro benzene ring substituents is 1. The summed E-state index contributed by atoms with van der Waals surface area (Å²) < 4.78 is 6.58. The molecule has 0 unspecified atom stereocenters. The van der Waals surface area contributed by atoms with Gasteiger partial charge in [-0.3, -0.25) is 19.7 Å². The number of hydrogen-bond acceptors (Lipinski definition) is 7. The Morgan fingerprint density at radius 1 is 0.907 bits per heavy atom. The van der Waals surface area contributed by atoms with Crippen molar-refractivity contribution in [2.75, 3.05) is 5.32 Å². The number of ether oxygens (including phenoxy) is 1. The number of amides is 2. The fraction of sp³-hybridized carbons (Fsp3) is 0.0323. The van der Waals surface area contributed by atoms with Gasteiger partial charge in [-0.05, 0) is 77.0 Å². The minimum absolute atomic E-state index is 0.106. The van der Waals surface area contributed by atoms with E-state index < -0.39 is 16.8 Å². The van der Waals surface area contributed by atoms with Gasteiger partial charge in [0, 0.05) is 45.1 Å². The molecule has 2 N–H and O–H groups in total. The summed E-state index contributed by atoms with van der Waals surface area (Å²) in [7, 11) is 0. The number of halogens is 2. The van der Waals surface area contributed by atoms with Crippen LogP contribution in [0.5, 0.6) is 5.75 Å². The molecule has 0 aromatic heterocycles. The van der Waals surface area contributed by atoms with Crippen LogP contribution in [0.3, 0.4) is 0 Å². The number of esters is 1. The summed E-state index contributed by atoms with van der Waals surface area (Å²) in [6.07, 6.45) is 3.84. The minimum Gasteiger partial charge on any atom is -0.421 e. The number of nitro groups is 1. The molecule has 0 radical (unpaired) electrons. The van der Waals surface area contributed by atoms with Crippen LogP contribution in [-0.2, 0) is 4.79 Å². The van der Waals surface area contributed by atoms with Crippen molar-refractivity contribution >= 4 is 73.3 Å². The Morgan fingerprint density at radius 2 is 1.65 bits per heavy atom. The summed E-state index contributed by atoms with van der Waals surface area (Å²) in [4.78, 5) is 48.3. The summed E-state index contributed by atoms with van der Waals surface area (Å²) in [6, 6.07) is 22.6. The van der Waals surface area contributed by atoms with Gasteiger partial charge in [-0.1, -0.05) is 51.8 Å². The van der Waals surface area contributed by atoms with E-state index in [1.54, 1.807) is 48.5 Å². The highest BCUT2D eigenvalue weighted by Crippen LogP contribution is 2.32. The van der Waals surface area contributed by atoms with Gasteiger partial charge >= 0.3 is 5.97 Å². The van der Waals surface area contributed by atoms with Gasteiger partial charge in [-0.15, -0.1) is 0 Å². The van der Waals surface area contributed by atoms with Crippen molar-refractivity contribution in [2.24, 2.45) is 5.10 Å². The van der Waals surface area contributed by atoms with E-state index in [1.807, 2.05) is 19.1 Å². The van der Waals surface area contributed by atoms with E-state index in [0.717, 1.165) is 11.6 Å². The molecule has 0 bridgehead atoms. The van der Waals surface area contributed by atoms with Crippen molar-refractivity contribution in [2.45, 2.75) is 6.92 Å². The Kier molecular flexibility index (Phi) is 10.3. The number of hydrazone groups is 1. The number of carbonyl (C=O) groups excluding carboxylic acids is 3. The predicted molar refractivity (Wildman–Crippen MR) is 170 cm³/mol. The van der Waals surface area contributed by atoms with Crippen molar-refractivity contribution in [1.82, 2.24) is 5.43 Å². The van der Waals surface area contributed by atoms with E-state index in [4.69, 9.17) is 4.74 Å². The largest absolute Gasteiger partial charge is 0.421 e. The molecular formula is C31H22Br2N4O6. The molecule has 0 atom stereocenters. The molecule has 10 nitrogen and oxygen atoms in total. The van der Waals surface area contributed by atoms with Gasteiger partial charge in [-0.25, -0.2) is 10.2 Å². The average molecular weight is 706 g/mol. The zero-order valence-electron chi connectivity index (χ0n) is 22.4. The van der Waals surface area contributed by atoms with Crippen LogP contribution in [0, 0.1) is 17.0 Å². The highest BCUT2D eigenvalue weighted by molar-refractivity contribution is 9.11. The highest BCUT2D eigenvalue weighted by Gasteiger charge is 2.14. The molecule has 0 fully saturated rings. The second-order valence-electron chi connectivity index (χ2n) is 9.01. The summed E-state index contributed by atoms with van der Waals surface area (Å²) in [5.74, 6) is -1.44. The van der Waals surface area contributed by atoms with Crippen LogP contribution in [0.4, 0.5) is 11.4 Å². The molecule has 0 aliphatic carbocycles. The number of hydrogen-bond donors (Lipinski definition) is 2. The van der Waals surface area contributed by atoms with Crippen LogP contribution in [0.2, 0.25) is 0 Å². The zero-order chi connectivity index (χ0) is 30.9. The number of nitrogens with one attached hydrogen (secondary N) is 2. The third-order valence-electron chi connectivity index (χ3n) is 5.80. The van der Waals surface area contributed by atoms with E-state index in [2.05, 4.69) is 47.7 Å². The van der Waals surface area contributed by atoms with Gasteiger partial charge in [0.25, 0.3) is 17.5 Å². The van der Waals surface area contributed by atoms with Crippen molar-refractivity contribution in [1.29, 1.82) is 0 Å². The lowest BCUT2D eigenvalue weighted by atomic mass is 10.1. The Hall–Kier alpha value is -4.94. The normalized spacial score (nSPS) is 11.0. The standard InChI is InChI=1S/C31H22Br2N4O6/c1-19-8-11-21(12-9-19)30(39)35-25-6-3-5-22(16-25)31(40)36-34-18-23-15-24(32)17-27(33)29(23)43-28(38)13-10-20-4-2-7-26(14-20)37(41)42/h2-18H,1H3,(H,35,39)(H,36,40)/b13-10+,34-18?. The third kappa shape index (κ3) is 8.77. The van der Waals surface area contributed by atoms with Crippen molar-refractivity contribution in [3.8, 4) is 5.75 Å². The van der Waals surface area contributed by atoms with Crippen LogP contribution >= 0.6 is 31.9 Å². The van der Waals surface area contributed by atoms with Gasteiger partial charge in [0.2, 0.25) is 0 Å². The first-order valence-corrected chi connectivity index (χ1v) is 14.1. The van der Waals surface area contributed by atoms with E-state index in [1.165, 1.54) is 36.6 Å². The monoisotopic (exact) mass is 704 g/mol. The topological polar surface area (TPSA) is 140 Å². The van der Waals surface area contributed by atoms with E-state index >= 15 is 0 Å². The van der Waals surface area contributed by atoms with Gasteiger partial charge in [0.05, 0.1) is 15.6 Å². The van der Waals surface area contributed by atoms with Gasteiger partial charge in [0.15, 0.2) is 5.75 Å². The number of carbonyl (C=O) groups is 3. The minimum atomic E-state index is -0.738. The molecule has 4 aromatic carbocycles. The fourth-order valence-corrected chi connectivity index (χ4v) is 5.04. The molecule has 12 heteroatoms. The Labute approximate surface area is 262 Å². The van der Waals surface area contributed by atoms with Crippen LogP contribution in [0.1, 0.15) is 37.4 Å². The molecule has 0 saturated carbocycles. The summed E-state index contributed by atoms with van der Waals surface area (Å²) in [6.45, 7) is 1.93. The highest BCUT2D eigenvalue weighted by atomic mass is 79.9. The average Bonchev–Trinajstić information content (AvgIpc) is 2.98. The number of non-ortho nitro benzene ring substituents is 1. The Bertz CT molecular complexity index is 1770. The molecule has 4 aromatic rings. The molecule has 0 aliphatic rings. The number of anilines is 1. The number of nitrogens with zero attached hydrogens (tertiary/aromatic N) is 2. The zero-order valence-corrected chi connectivity index (χ0v) is 25.6. The first kappa shape index (κ1) is 31.0. The van der Waals surface area contributed by atoms with Crippen molar-refractivity contribution in [3.63, 3.8) is 0 Å². The summed E-state index contributed by atoms with van der Waals surface area (Å²) >= 11 is 6.74. The molecule has 43 heavy (non-hydrogen) atoms. The van der Waals surface area contributed by atoms with Crippen molar-refractivity contribution < 1.29 is 24.0 Å². The summed E-state index contributed by atoms with van der Waals surface area (Å²) in [5, 5.41) is 17.8. The maximum atomic E-state index is 12.8. The van der Waals surface area contributed by atoms with Gasteiger partial charge < -0.3 is 10.1 Å². The first-order chi connectivity index (χ1) is 20.6. The predicted octanol–water partition coefficient (Wildman–Crippen LogP) is 7.06. The second kappa shape index (κ2) is 14.3. The summed E-state index contributed by atoms with van der Waals surface area (Å²) in [5.41, 5.74) is 5.34. The lowest BCUT2D eigenvalue weighted by molar-refractivity contribution is -0.384. The van der Waals surface area contributed by atoms with Gasteiger partial charge in [0.1, 0.15) is 0 Å². The molecule has 2 amide bonds. The fourth-order valence-electron chi connectivity index (χ4n) is 3.70. The number of aryl methyl sites for hydroxylation is 1. The smallest absolute Gasteiger partial charge is 0.336 e. The Balaban J connectivity index is 1.43. The van der Waals surface area contributed by atoms with E-state index in [-0.39, 0.29) is 22.9 Å². The van der Waals surface area contributed by atoms with Gasteiger partial charge in [-0.2, -0.15) is 5.10 Å². The molecule has 0 aliphatic heterocycles. The quantitative estimate of drug-likeness (QED) is 0.0477. The van der Waals surface area contributed by atoms with Crippen LogP contribution < -0.4 is 15.5 Å². The third-order valence-corrected chi connectivity index (χ3v) is 6.85. The van der Waals surface area contributed by atoms with E-state index in [9.17, 15) is 24.5 Å². The lowest BCUT2D eigenvalue weighted by Crippen LogP contribution is -2.18. The van der Waals surface area contributed by atoms with Crippen LogP contribution in [0.15, 0.2) is 105 Å². The van der Waals surface area contributed by atoms with Crippen molar-refractivity contribution in [3.05, 3.63) is 138 Å². The molecule has 0 heterocycles. The first-order valence-electron chi connectivity index (χ1n) is 12.5. The second-order valence-corrected chi connectivity index (χ2v) is 10.8. The number of rotatable bonds is 9. The Morgan fingerprint density at radius 3 is 2.40 bits per heavy atom. The molecule has 0 spiro atoms. The molecular weight excluding hydrogens is 684 g/mol. The van der Waals surface area contributed by atoms with E-state index in [0.29, 0.717) is 31.3 Å². The number of benzene rings is 4. The SMILES string of the molecule is Cc1ccc(C(=O)Nc2cccc(C(=O)NN=Cc3cc(Br)cc(Br)c3OC(=O)/C=C/c3cccc([N+](=O)[O-])c3)c2)cc1. The van der Waals surface area contributed by atoms with Crippen LogP contribution in [-0.4, -0.2) is 28.9 Å². The lowest BCUT2D eigenvalue weighted by Gasteiger charge is -2.09. The van der Waals surface area contributed by atoms with Crippen LogP contribution in [0.25, 0.3) is 6.08 Å². The molecule has 216 valence electrons.